The molecule has 0 radical (unpaired) electrons. The van der Waals surface area contributed by atoms with E-state index in [1.54, 1.807) is 0 Å². The number of nitrogens with zero attached hydrogens (tertiary/aromatic N) is 2. The van der Waals surface area contributed by atoms with Crippen LogP contribution in [0.4, 0.5) is 13.2 Å². The fraction of sp³-hybridized carbons (Fsp3) is 0.600. The third kappa shape index (κ3) is 8.02. The maximum Gasteiger partial charge on any atom is 0.421 e. The molecule has 0 aromatic carbocycles. The number of guanidine groups is 1. The summed E-state index contributed by atoms with van der Waals surface area (Å²) in [7, 11) is 0. The molecule has 0 aliphatic carbocycles. The van der Waals surface area contributed by atoms with Gasteiger partial charge in [-0.15, -0.1) is 24.0 Å². The molecule has 0 saturated carbocycles. The van der Waals surface area contributed by atoms with E-state index in [2.05, 4.69) is 20.6 Å². The van der Waals surface area contributed by atoms with Gasteiger partial charge < -0.3 is 15.4 Å². The minimum absolute atomic E-state index is 0. The van der Waals surface area contributed by atoms with Gasteiger partial charge in [0.15, 0.2) is 5.96 Å². The predicted molar refractivity (Wildman–Crippen MR) is 99.0 cm³/mol. The van der Waals surface area contributed by atoms with Crippen LogP contribution in [0, 0.1) is 0 Å². The van der Waals surface area contributed by atoms with Crippen molar-refractivity contribution in [3.8, 4) is 5.88 Å². The minimum Gasteiger partial charge on any atom is -0.475 e. The number of hydrogen-bond acceptors (Lipinski definition) is 3. The molecule has 1 unspecified atom stereocenters. The molecular formula is C15H24F3IN4O. The number of rotatable bonds is 7. The summed E-state index contributed by atoms with van der Waals surface area (Å²) in [6.07, 6.45) is -2.29. The van der Waals surface area contributed by atoms with Gasteiger partial charge in [-0.1, -0.05) is 6.92 Å². The van der Waals surface area contributed by atoms with Crippen LogP contribution in [-0.4, -0.2) is 36.7 Å². The molecule has 0 amide bonds. The van der Waals surface area contributed by atoms with E-state index in [0.717, 1.165) is 12.5 Å². The normalized spacial score (nSPS) is 13.0. The topological polar surface area (TPSA) is 58.5 Å². The molecule has 1 aromatic rings. The fourth-order valence-electron chi connectivity index (χ4n) is 1.68. The molecular weight excluding hydrogens is 436 g/mol. The van der Waals surface area contributed by atoms with Gasteiger partial charge in [0.05, 0.1) is 6.54 Å². The molecule has 5 nitrogen and oxygen atoms in total. The van der Waals surface area contributed by atoms with Crippen molar-refractivity contribution in [1.29, 1.82) is 0 Å². The molecule has 1 aromatic heterocycles. The second kappa shape index (κ2) is 11.3. The first-order chi connectivity index (χ1) is 10.9. The summed E-state index contributed by atoms with van der Waals surface area (Å²) in [5.41, 5.74) is -0.881. The molecule has 0 saturated heterocycles. The van der Waals surface area contributed by atoms with E-state index in [-0.39, 0.29) is 43.2 Å². The van der Waals surface area contributed by atoms with E-state index in [9.17, 15) is 13.2 Å². The molecule has 9 heteroatoms. The third-order valence-electron chi connectivity index (χ3n) is 3.02. The first-order valence-electron chi connectivity index (χ1n) is 7.58. The van der Waals surface area contributed by atoms with Crippen LogP contribution >= 0.6 is 24.0 Å². The van der Waals surface area contributed by atoms with Crippen molar-refractivity contribution in [1.82, 2.24) is 15.6 Å². The zero-order valence-corrected chi connectivity index (χ0v) is 16.3. The summed E-state index contributed by atoms with van der Waals surface area (Å²) in [5.74, 6) is 0.192. The number of halogens is 4. The van der Waals surface area contributed by atoms with Crippen LogP contribution in [0.25, 0.3) is 0 Å². The van der Waals surface area contributed by atoms with Gasteiger partial charge in [0.1, 0.15) is 12.2 Å². The summed E-state index contributed by atoms with van der Waals surface area (Å²) < 4.78 is 43.5. The van der Waals surface area contributed by atoms with Crippen molar-refractivity contribution < 1.29 is 17.9 Å². The van der Waals surface area contributed by atoms with Crippen LogP contribution in [0.15, 0.2) is 23.3 Å². The summed E-state index contributed by atoms with van der Waals surface area (Å²) in [6, 6.07) is 2.43. The quantitative estimate of drug-likeness (QED) is 0.283. The van der Waals surface area contributed by atoms with Gasteiger partial charge in [-0.05, 0) is 32.4 Å². The average molecular weight is 460 g/mol. The lowest BCUT2D eigenvalue weighted by Crippen LogP contribution is -2.42. The lowest BCUT2D eigenvalue weighted by atomic mass is 10.2. The van der Waals surface area contributed by atoms with Crippen molar-refractivity contribution in [2.75, 3.05) is 19.7 Å². The maximum absolute atomic E-state index is 12.8. The van der Waals surface area contributed by atoms with Crippen LogP contribution in [-0.2, 0) is 6.18 Å². The van der Waals surface area contributed by atoms with Gasteiger partial charge in [0.25, 0.3) is 0 Å². The number of nitrogens with one attached hydrogen (secondary N) is 2. The van der Waals surface area contributed by atoms with Gasteiger partial charge in [0.2, 0.25) is 5.88 Å². The first-order valence-corrected chi connectivity index (χ1v) is 7.58. The van der Waals surface area contributed by atoms with E-state index >= 15 is 0 Å². The van der Waals surface area contributed by atoms with Crippen LogP contribution in [0.2, 0.25) is 0 Å². The lowest BCUT2D eigenvalue weighted by molar-refractivity contribution is -0.139. The van der Waals surface area contributed by atoms with E-state index in [4.69, 9.17) is 4.74 Å². The molecule has 0 fully saturated rings. The van der Waals surface area contributed by atoms with Crippen LogP contribution in [0.1, 0.15) is 32.8 Å². The zero-order chi connectivity index (χ0) is 17.3. The molecule has 2 N–H and O–H groups in total. The third-order valence-corrected chi connectivity index (χ3v) is 3.02. The highest BCUT2D eigenvalue weighted by molar-refractivity contribution is 14.0. The Bertz CT molecular complexity index is 512. The molecule has 138 valence electrons. The Kier molecular flexibility index (Phi) is 10.7. The highest BCUT2D eigenvalue weighted by Crippen LogP contribution is 2.34. The van der Waals surface area contributed by atoms with Gasteiger partial charge >= 0.3 is 6.18 Å². The maximum atomic E-state index is 12.8. The Morgan fingerprint density at radius 2 is 2.08 bits per heavy atom. The number of aliphatic imine (C=N–C) groups is 1. The molecule has 1 heterocycles. The fourth-order valence-corrected chi connectivity index (χ4v) is 1.68. The van der Waals surface area contributed by atoms with Gasteiger partial charge in [-0.2, -0.15) is 13.2 Å². The standard InChI is InChI=1S/C15H23F3N4O.HI/c1-4-11(3)22-14(19-5-2)21-9-10-23-13-12(15(16,17)18)7-6-8-20-13;/h6-8,11H,4-5,9-10H2,1-3H3,(H2,19,21,22);1H. The molecule has 0 bridgehead atoms. The molecule has 0 aliphatic heterocycles. The predicted octanol–water partition coefficient (Wildman–Crippen LogP) is 3.45. The summed E-state index contributed by atoms with van der Waals surface area (Å²) in [6.45, 7) is 6.93. The molecule has 0 aliphatic rings. The Balaban J connectivity index is 0.00000529. The molecule has 24 heavy (non-hydrogen) atoms. The second-order valence-corrected chi connectivity index (χ2v) is 4.92. The SMILES string of the molecule is CCNC(=NCCOc1ncccc1C(F)(F)F)NC(C)CC.I. The molecule has 1 atom stereocenters. The highest BCUT2D eigenvalue weighted by atomic mass is 127. The number of ether oxygens (including phenoxy) is 1. The summed E-state index contributed by atoms with van der Waals surface area (Å²) >= 11 is 0. The Morgan fingerprint density at radius 1 is 1.38 bits per heavy atom. The summed E-state index contributed by atoms with van der Waals surface area (Å²) in [4.78, 5) is 7.91. The Hall–Kier alpha value is -1.26. The largest absolute Gasteiger partial charge is 0.475 e. The van der Waals surface area contributed by atoms with Crippen molar-refractivity contribution in [3.63, 3.8) is 0 Å². The van der Waals surface area contributed by atoms with E-state index in [0.29, 0.717) is 12.5 Å². The van der Waals surface area contributed by atoms with Gasteiger partial charge in [0, 0.05) is 18.8 Å². The van der Waals surface area contributed by atoms with Gasteiger partial charge in [-0.3, -0.25) is 0 Å². The van der Waals surface area contributed by atoms with Crippen molar-refractivity contribution in [3.05, 3.63) is 23.9 Å². The highest BCUT2D eigenvalue weighted by Gasteiger charge is 2.34. The number of hydrogen-bond donors (Lipinski definition) is 2. The monoisotopic (exact) mass is 460 g/mol. The van der Waals surface area contributed by atoms with Crippen molar-refractivity contribution in [2.45, 2.75) is 39.4 Å². The van der Waals surface area contributed by atoms with Crippen LogP contribution in [0.5, 0.6) is 5.88 Å². The molecule has 1 rings (SSSR count). The van der Waals surface area contributed by atoms with E-state index in [1.807, 2.05) is 20.8 Å². The van der Waals surface area contributed by atoms with Gasteiger partial charge in [-0.25, -0.2) is 9.98 Å². The minimum atomic E-state index is -4.49. The number of aromatic nitrogens is 1. The number of pyridine rings is 1. The van der Waals surface area contributed by atoms with E-state index in [1.165, 1.54) is 12.3 Å². The van der Waals surface area contributed by atoms with Crippen LogP contribution < -0.4 is 15.4 Å². The second-order valence-electron chi connectivity index (χ2n) is 4.92. The molecule has 0 spiro atoms. The lowest BCUT2D eigenvalue weighted by Gasteiger charge is -2.16. The smallest absolute Gasteiger partial charge is 0.421 e. The van der Waals surface area contributed by atoms with Crippen LogP contribution in [0.3, 0.4) is 0 Å². The average Bonchev–Trinajstić information content (AvgIpc) is 2.51. The Morgan fingerprint density at radius 3 is 2.67 bits per heavy atom. The van der Waals surface area contributed by atoms with Crippen molar-refractivity contribution >= 4 is 29.9 Å². The van der Waals surface area contributed by atoms with Crippen molar-refractivity contribution in [2.24, 2.45) is 4.99 Å². The first kappa shape index (κ1) is 22.7. The number of alkyl halides is 3. The summed E-state index contributed by atoms with van der Waals surface area (Å²) in [5, 5.41) is 6.26. The van der Waals surface area contributed by atoms with E-state index < -0.39 is 17.6 Å². The Labute approximate surface area is 157 Å². The zero-order valence-electron chi connectivity index (χ0n) is 14.0.